The summed E-state index contributed by atoms with van der Waals surface area (Å²) in [6.07, 6.45) is 4.47. The number of rotatable bonds is 3. The van der Waals surface area contributed by atoms with Gasteiger partial charge in [0.05, 0.1) is 11.3 Å². The lowest BCUT2D eigenvalue weighted by Crippen LogP contribution is -2.20. The topological polar surface area (TPSA) is 72.7 Å². The normalized spacial score (nSPS) is 16.6. The van der Waals surface area contributed by atoms with Crippen LogP contribution in [-0.4, -0.2) is 25.5 Å². The number of anilines is 2. The Morgan fingerprint density at radius 2 is 1.88 bits per heavy atom. The van der Waals surface area contributed by atoms with E-state index in [1.165, 1.54) is 12.1 Å². The van der Waals surface area contributed by atoms with Crippen molar-refractivity contribution in [3.63, 3.8) is 0 Å². The van der Waals surface area contributed by atoms with Crippen LogP contribution >= 0.6 is 0 Å². The summed E-state index contributed by atoms with van der Waals surface area (Å²) in [5, 5.41) is 7.65. The molecule has 0 saturated heterocycles. The molecule has 3 aromatic rings. The van der Waals surface area contributed by atoms with Gasteiger partial charge in [0.25, 0.3) is 5.95 Å². The average Bonchev–Trinajstić information content (AvgIpc) is 2.96. The van der Waals surface area contributed by atoms with Gasteiger partial charge in [-0.05, 0) is 42.7 Å². The van der Waals surface area contributed by atoms with E-state index in [1.54, 1.807) is 35.3 Å². The molecule has 1 N–H and O–H groups in total. The Hall–Kier alpha value is -3.09. The molecule has 0 amide bonds. The van der Waals surface area contributed by atoms with Crippen LogP contribution in [-0.2, 0) is 6.42 Å². The van der Waals surface area contributed by atoms with Crippen molar-refractivity contribution in [3.05, 3.63) is 59.8 Å². The summed E-state index contributed by atoms with van der Waals surface area (Å²) < 4.78 is 14.7. The largest absolute Gasteiger partial charge is 0.338 e. The zero-order valence-corrected chi connectivity index (χ0v) is 13.6. The molecule has 7 heteroatoms. The van der Waals surface area contributed by atoms with E-state index in [1.807, 2.05) is 6.92 Å². The van der Waals surface area contributed by atoms with Crippen molar-refractivity contribution in [1.29, 1.82) is 0 Å². The summed E-state index contributed by atoms with van der Waals surface area (Å²) >= 11 is 0. The van der Waals surface area contributed by atoms with Crippen LogP contribution in [0, 0.1) is 11.7 Å². The van der Waals surface area contributed by atoms with E-state index in [4.69, 9.17) is 0 Å². The van der Waals surface area contributed by atoms with Gasteiger partial charge in [-0.2, -0.15) is 0 Å². The molecule has 126 valence electrons. The Bertz CT molecular complexity index is 921. The molecule has 0 aliphatic heterocycles. The van der Waals surface area contributed by atoms with E-state index < -0.39 is 0 Å². The number of aromatic nitrogens is 4. The summed E-state index contributed by atoms with van der Waals surface area (Å²) in [5.74, 6) is 0.831. The van der Waals surface area contributed by atoms with Crippen LogP contribution in [0.3, 0.4) is 0 Å². The molecule has 1 aliphatic rings. The lowest BCUT2D eigenvalue weighted by atomic mass is 9.88. The predicted octanol–water partition coefficient (Wildman–Crippen LogP) is 3.31. The molecule has 1 unspecified atom stereocenters. The number of carbonyl (C=O) groups is 1. The molecule has 2 heterocycles. The van der Waals surface area contributed by atoms with Crippen molar-refractivity contribution in [2.75, 3.05) is 5.32 Å². The number of carbonyl (C=O) groups excluding carboxylic acids is 1. The van der Waals surface area contributed by atoms with Crippen LogP contribution in [0.1, 0.15) is 29.4 Å². The van der Waals surface area contributed by atoms with Crippen molar-refractivity contribution in [1.82, 2.24) is 19.7 Å². The highest BCUT2D eigenvalue weighted by Crippen LogP contribution is 2.33. The van der Waals surface area contributed by atoms with E-state index in [9.17, 15) is 9.18 Å². The second-order valence-electron chi connectivity index (χ2n) is 6.20. The quantitative estimate of drug-likeness (QED) is 0.794. The number of Topliss-reactive ketones (excluding diaryl/α,β-unsaturated/α-hetero) is 1. The first-order valence-corrected chi connectivity index (χ1v) is 8.07. The van der Waals surface area contributed by atoms with Gasteiger partial charge in [-0.1, -0.05) is 6.92 Å². The second kappa shape index (κ2) is 6.08. The molecular formula is C18H16FN5O. The zero-order valence-electron chi connectivity index (χ0n) is 13.6. The number of ketones is 1. The predicted molar refractivity (Wildman–Crippen MR) is 90.7 cm³/mol. The molecule has 2 aromatic heterocycles. The van der Waals surface area contributed by atoms with Crippen molar-refractivity contribution in [3.8, 4) is 5.95 Å². The summed E-state index contributed by atoms with van der Waals surface area (Å²) in [6, 6.07) is 7.66. The highest BCUT2D eigenvalue weighted by atomic mass is 19.1. The molecule has 0 saturated carbocycles. The Labute approximate surface area is 143 Å². The maximum atomic E-state index is 13.1. The van der Waals surface area contributed by atoms with Crippen LogP contribution in [0.15, 0.2) is 42.7 Å². The first-order chi connectivity index (χ1) is 12.1. The SMILES string of the molecule is CC1CC(=O)c2c(Nc3ccc(F)cc3)nn(-c3ncccn3)c2C1. The molecule has 0 fully saturated rings. The Balaban J connectivity index is 1.82. The number of hydrogen-bond donors (Lipinski definition) is 1. The van der Waals surface area contributed by atoms with E-state index in [0.29, 0.717) is 29.4 Å². The van der Waals surface area contributed by atoms with Crippen molar-refractivity contribution >= 4 is 17.3 Å². The summed E-state index contributed by atoms with van der Waals surface area (Å²) in [7, 11) is 0. The highest BCUT2D eigenvalue weighted by molar-refractivity contribution is 6.03. The van der Waals surface area contributed by atoms with Gasteiger partial charge in [-0.15, -0.1) is 5.10 Å². The fourth-order valence-corrected chi connectivity index (χ4v) is 3.08. The number of nitrogens with zero attached hydrogens (tertiary/aromatic N) is 4. The smallest absolute Gasteiger partial charge is 0.250 e. The maximum absolute atomic E-state index is 13.1. The van der Waals surface area contributed by atoms with E-state index in [2.05, 4.69) is 20.4 Å². The van der Waals surface area contributed by atoms with Crippen molar-refractivity contribution in [2.24, 2.45) is 5.92 Å². The van der Waals surface area contributed by atoms with Crippen molar-refractivity contribution < 1.29 is 9.18 Å². The summed E-state index contributed by atoms with van der Waals surface area (Å²) in [5.41, 5.74) is 2.03. The fourth-order valence-electron chi connectivity index (χ4n) is 3.08. The third-order valence-electron chi connectivity index (χ3n) is 4.18. The Kier molecular flexibility index (Phi) is 3.76. The lowest BCUT2D eigenvalue weighted by molar-refractivity contribution is 0.0953. The Morgan fingerprint density at radius 1 is 1.16 bits per heavy atom. The Morgan fingerprint density at radius 3 is 2.60 bits per heavy atom. The molecule has 25 heavy (non-hydrogen) atoms. The number of nitrogens with one attached hydrogen (secondary N) is 1. The first-order valence-electron chi connectivity index (χ1n) is 8.07. The van der Waals surface area contributed by atoms with E-state index in [-0.39, 0.29) is 17.5 Å². The number of benzene rings is 1. The minimum absolute atomic E-state index is 0.0422. The first kappa shape index (κ1) is 15.4. The molecule has 0 bridgehead atoms. The van der Waals surface area contributed by atoms with Gasteiger partial charge in [-0.25, -0.2) is 19.0 Å². The molecule has 4 rings (SSSR count). The van der Waals surface area contributed by atoms with Gasteiger partial charge in [0.1, 0.15) is 5.82 Å². The zero-order chi connectivity index (χ0) is 17.4. The molecule has 1 aromatic carbocycles. The number of fused-ring (bicyclic) bond motifs is 1. The van der Waals surface area contributed by atoms with Crippen LogP contribution in [0.5, 0.6) is 0 Å². The van der Waals surface area contributed by atoms with Crippen LogP contribution < -0.4 is 5.32 Å². The van der Waals surface area contributed by atoms with Crippen LogP contribution in [0.4, 0.5) is 15.9 Å². The number of hydrogen-bond acceptors (Lipinski definition) is 5. The molecule has 1 aliphatic carbocycles. The monoisotopic (exact) mass is 337 g/mol. The highest BCUT2D eigenvalue weighted by Gasteiger charge is 2.31. The average molecular weight is 337 g/mol. The molecule has 0 spiro atoms. The molecule has 1 atom stereocenters. The summed E-state index contributed by atoms with van der Waals surface area (Å²) in [4.78, 5) is 21.1. The fraction of sp³-hybridized carbons (Fsp3) is 0.222. The third kappa shape index (κ3) is 2.88. The summed E-state index contributed by atoms with van der Waals surface area (Å²) in [6.45, 7) is 2.04. The van der Waals surface area contributed by atoms with E-state index >= 15 is 0 Å². The van der Waals surface area contributed by atoms with Crippen molar-refractivity contribution in [2.45, 2.75) is 19.8 Å². The maximum Gasteiger partial charge on any atom is 0.250 e. The minimum atomic E-state index is -0.319. The van der Waals surface area contributed by atoms with Crippen LogP contribution in [0.25, 0.3) is 5.95 Å². The van der Waals surface area contributed by atoms with Gasteiger partial charge in [0.15, 0.2) is 11.6 Å². The molecular weight excluding hydrogens is 321 g/mol. The molecule has 6 nitrogen and oxygen atoms in total. The van der Waals surface area contributed by atoms with Crippen LogP contribution in [0.2, 0.25) is 0 Å². The van der Waals surface area contributed by atoms with Gasteiger partial charge in [-0.3, -0.25) is 4.79 Å². The number of halogens is 1. The lowest BCUT2D eigenvalue weighted by Gasteiger charge is -2.18. The standard InChI is InChI=1S/C18H16FN5O/c1-11-9-14-16(15(25)10-11)17(22-13-5-3-12(19)4-6-13)23-24(14)18-20-7-2-8-21-18/h2-8,11H,9-10H2,1H3,(H,22,23). The van der Waals surface area contributed by atoms with Gasteiger partial charge >= 0.3 is 0 Å². The third-order valence-corrected chi connectivity index (χ3v) is 4.18. The minimum Gasteiger partial charge on any atom is -0.338 e. The van der Waals surface area contributed by atoms with Gasteiger partial charge in [0, 0.05) is 24.5 Å². The van der Waals surface area contributed by atoms with E-state index in [0.717, 1.165) is 12.1 Å². The van der Waals surface area contributed by atoms with Gasteiger partial charge in [0.2, 0.25) is 0 Å². The van der Waals surface area contributed by atoms with Gasteiger partial charge < -0.3 is 5.32 Å². The second-order valence-corrected chi connectivity index (χ2v) is 6.20. The molecule has 0 radical (unpaired) electrons.